The number of piperidine rings is 1. The van der Waals surface area contributed by atoms with Gasteiger partial charge in [-0.2, -0.15) is 0 Å². The number of hydrogen-bond acceptors (Lipinski definition) is 7. The zero-order valence-electron chi connectivity index (χ0n) is 23.5. The maximum Gasteiger partial charge on any atom is 0.410 e. The third-order valence-electron chi connectivity index (χ3n) is 6.97. The molecule has 2 atom stereocenters. The van der Waals surface area contributed by atoms with Gasteiger partial charge in [0, 0.05) is 17.7 Å². The fourth-order valence-corrected chi connectivity index (χ4v) is 5.33. The summed E-state index contributed by atoms with van der Waals surface area (Å²) in [6.45, 7) is 7.54. The van der Waals surface area contributed by atoms with Gasteiger partial charge in [-0.05, 0) is 58.6 Å². The number of benzene rings is 2. The monoisotopic (exact) mass is 556 g/mol. The molecule has 216 valence electrons. The summed E-state index contributed by atoms with van der Waals surface area (Å²) >= 11 is 0. The summed E-state index contributed by atoms with van der Waals surface area (Å²) < 4.78 is 38.2. The fraction of sp³-hybridized carbons (Fsp3) is 0.500. The van der Waals surface area contributed by atoms with Crippen LogP contribution in [-0.4, -0.2) is 73.0 Å². The van der Waals surface area contributed by atoms with E-state index in [1.54, 1.807) is 75.1 Å². The first-order valence-electron chi connectivity index (χ1n) is 13.6. The van der Waals surface area contributed by atoms with Crippen molar-refractivity contribution in [1.29, 1.82) is 0 Å². The van der Waals surface area contributed by atoms with Gasteiger partial charge in [-0.1, -0.05) is 36.4 Å². The number of esters is 1. The molecule has 0 aromatic heterocycles. The van der Waals surface area contributed by atoms with E-state index in [4.69, 9.17) is 18.9 Å². The van der Waals surface area contributed by atoms with Crippen molar-refractivity contribution in [1.82, 2.24) is 10.2 Å². The third kappa shape index (κ3) is 6.72. The molecule has 0 saturated carbocycles. The second-order valence-corrected chi connectivity index (χ2v) is 11.1. The second kappa shape index (κ2) is 12.2. The zero-order valence-corrected chi connectivity index (χ0v) is 23.5. The number of para-hydroxylation sites is 1. The predicted octanol–water partition coefficient (Wildman–Crippen LogP) is 4.26. The molecule has 2 saturated heterocycles. The predicted molar refractivity (Wildman–Crippen MR) is 145 cm³/mol. The van der Waals surface area contributed by atoms with E-state index < -0.39 is 35.1 Å². The highest BCUT2D eigenvalue weighted by atomic mass is 19.1. The number of amides is 2. The van der Waals surface area contributed by atoms with Crippen LogP contribution < -0.4 is 10.1 Å². The van der Waals surface area contributed by atoms with Crippen LogP contribution >= 0.6 is 0 Å². The highest BCUT2D eigenvalue weighted by molar-refractivity contribution is 5.79. The number of carbonyl (C=O) groups excluding carboxylic acids is 3. The van der Waals surface area contributed by atoms with Crippen molar-refractivity contribution in [3.05, 3.63) is 53.8 Å². The smallest absolute Gasteiger partial charge is 0.410 e. The molecule has 0 unspecified atom stereocenters. The topological polar surface area (TPSA) is 103 Å². The number of rotatable bonds is 7. The normalized spacial score (nSPS) is 21.1. The Morgan fingerprint density at radius 2 is 1.90 bits per heavy atom. The Morgan fingerprint density at radius 1 is 1.15 bits per heavy atom. The van der Waals surface area contributed by atoms with Gasteiger partial charge in [0.1, 0.15) is 23.8 Å². The van der Waals surface area contributed by atoms with E-state index in [0.29, 0.717) is 36.3 Å². The van der Waals surface area contributed by atoms with Crippen LogP contribution in [0.3, 0.4) is 0 Å². The van der Waals surface area contributed by atoms with Gasteiger partial charge in [0.2, 0.25) is 5.91 Å². The average molecular weight is 557 g/mol. The number of ether oxygens (including phenoxy) is 4. The Bertz CT molecular complexity index is 1240. The van der Waals surface area contributed by atoms with Crippen molar-refractivity contribution in [3.8, 4) is 16.9 Å². The molecular formula is C30H37FN2O7. The van der Waals surface area contributed by atoms with Crippen LogP contribution in [0.15, 0.2) is 42.5 Å². The molecule has 0 radical (unpaired) electrons. The lowest BCUT2D eigenvalue weighted by Gasteiger charge is -2.51. The molecule has 2 fully saturated rings. The first kappa shape index (κ1) is 29.3. The molecule has 2 heterocycles. The lowest BCUT2D eigenvalue weighted by Crippen LogP contribution is -2.71. The van der Waals surface area contributed by atoms with Crippen molar-refractivity contribution >= 4 is 18.0 Å². The average Bonchev–Trinajstić information content (AvgIpc) is 2.89. The molecule has 0 aliphatic carbocycles. The summed E-state index contributed by atoms with van der Waals surface area (Å²) in [5.41, 5.74) is -0.486. The van der Waals surface area contributed by atoms with Gasteiger partial charge >= 0.3 is 12.1 Å². The van der Waals surface area contributed by atoms with Gasteiger partial charge in [0.25, 0.3) is 0 Å². The number of morpholine rings is 1. The second-order valence-electron chi connectivity index (χ2n) is 11.1. The molecule has 1 N–H and O–H groups in total. The molecule has 9 nitrogen and oxygen atoms in total. The van der Waals surface area contributed by atoms with Crippen LogP contribution in [-0.2, 0) is 30.2 Å². The van der Waals surface area contributed by atoms with E-state index in [1.807, 2.05) is 0 Å². The number of halogens is 1. The molecule has 2 amide bonds. The molecule has 2 aromatic carbocycles. The molecule has 0 bridgehead atoms. The minimum Gasteiger partial charge on any atom is -0.481 e. The van der Waals surface area contributed by atoms with Crippen molar-refractivity contribution in [2.24, 2.45) is 0 Å². The van der Waals surface area contributed by atoms with E-state index in [-0.39, 0.29) is 44.3 Å². The van der Waals surface area contributed by atoms with Crippen molar-refractivity contribution in [2.75, 3.05) is 33.0 Å². The Labute approximate surface area is 233 Å². The Balaban J connectivity index is 1.68. The fourth-order valence-electron chi connectivity index (χ4n) is 5.33. The standard InChI is InChI=1S/C30H37FN2O7/c1-5-38-26(35)18-39-23-13-7-6-11-21(23)22-12-8-10-20(27(22)31)16-24-30(19-37-17-25(34)32-30)14-9-15-33(24)28(36)40-29(2,3)4/h6-8,10-13,24H,5,9,14-19H2,1-4H3,(H,32,34)/t24-,30+/m0/s1. The molecule has 2 aliphatic heterocycles. The van der Waals surface area contributed by atoms with E-state index in [9.17, 15) is 14.4 Å². The first-order valence-corrected chi connectivity index (χ1v) is 13.6. The van der Waals surface area contributed by atoms with Crippen LogP contribution in [0.1, 0.15) is 46.1 Å². The lowest BCUT2D eigenvalue weighted by atomic mass is 9.77. The molecule has 10 heteroatoms. The molecule has 2 aromatic rings. The molecule has 2 aliphatic rings. The van der Waals surface area contributed by atoms with Crippen LogP contribution in [0.5, 0.6) is 5.75 Å². The van der Waals surface area contributed by atoms with Crippen LogP contribution in [0.4, 0.5) is 9.18 Å². The summed E-state index contributed by atoms with van der Waals surface area (Å²) in [7, 11) is 0. The van der Waals surface area contributed by atoms with Gasteiger partial charge < -0.3 is 29.2 Å². The van der Waals surface area contributed by atoms with Crippen LogP contribution in [0.2, 0.25) is 0 Å². The highest BCUT2D eigenvalue weighted by Gasteiger charge is 2.50. The van der Waals surface area contributed by atoms with E-state index in [1.165, 1.54) is 0 Å². The van der Waals surface area contributed by atoms with Crippen LogP contribution in [0, 0.1) is 5.82 Å². The minimum atomic E-state index is -0.881. The highest BCUT2D eigenvalue weighted by Crippen LogP contribution is 2.37. The summed E-state index contributed by atoms with van der Waals surface area (Å²) in [5.74, 6) is -0.941. The molecule has 40 heavy (non-hydrogen) atoms. The molecule has 4 rings (SSSR count). The number of carbonyl (C=O) groups is 3. The minimum absolute atomic E-state index is 0.0622. The maximum atomic E-state index is 16.2. The summed E-state index contributed by atoms with van der Waals surface area (Å²) in [4.78, 5) is 39.2. The Kier molecular flexibility index (Phi) is 8.98. The van der Waals surface area contributed by atoms with Crippen molar-refractivity contribution in [2.45, 2.75) is 64.1 Å². The Morgan fingerprint density at radius 3 is 2.62 bits per heavy atom. The van der Waals surface area contributed by atoms with Crippen LogP contribution in [0.25, 0.3) is 11.1 Å². The number of hydrogen-bond donors (Lipinski definition) is 1. The van der Waals surface area contributed by atoms with E-state index in [2.05, 4.69) is 5.32 Å². The van der Waals surface area contributed by atoms with Gasteiger partial charge in [-0.15, -0.1) is 0 Å². The summed E-state index contributed by atoms with van der Waals surface area (Å²) in [5, 5.41) is 3.06. The van der Waals surface area contributed by atoms with Crippen molar-refractivity contribution < 1.29 is 37.7 Å². The van der Waals surface area contributed by atoms with E-state index in [0.717, 1.165) is 0 Å². The zero-order chi connectivity index (χ0) is 28.9. The van der Waals surface area contributed by atoms with Gasteiger partial charge in [-0.25, -0.2) is 14.0 Å². The maximum absolute atomic E-state index is 16.2. The molecule has 1 spiro atoms. The van der Waals surface area contributed by atoms with Gasteiger partial charge in [0.15, 0.2) is 6.61 Å². The largest absolute Gasteiger partial charge is 0.481 e. The van der Waals surface area contributed by atoms with Gasteiger partial charge in [0.05, 0.1) is 24.8 Å². The number of nitrogens with zero attached hydrogens (tertiary/aromatic N) is 1. The van der Waals surface area contributed by atoms with Gasteiger partial charge in [-0.3, -0.25) is 4.79 Å². The Hall–Kier alpha value is -3.66. The third-order valence-corrected chi connectivity index (χ3v) is 6.97. The summed E-state index contributed by atoms with van der Waals surface area (Å²) in [6.07, 6.45) is 0.807. The number of nitrogens with one attached hydrogen (secondary N) is 1. The number of likely N-dealkylation sites (tertiary alicyclic amines) is 1. The first-order chi connectivity index (χ1) is 19.0. The van der Waals surface area contributed by atoms with E-state index >= 15 is 4.39 Å². The lowest BCUT2D eigenvalue weighted by molar-refractivity contribution is -0.145. The quantitative estimate of drug-likeness (QED) is 0.509. The summed E-state index contributed by atoms with van der Waals surface area (Å²) in [6, 6.07) is 11.3. The SMILES string of the molecule is CCOC(=O)COc1ccccc1-c1cccc(C[C@@H]2N(C(=O)OC(C)(C)C)CCC[C@@]23COCC(=O)N3)c1F. The van der Waals surface area contributed by atoms with Crippen molar-refractivity contribution in [3.63, 3.8) is 0 Å². The molecular weight excluding hydrogens is 519 g/mol.